The Labute approximate surface area is 213 Å². The molecule has 0 bridgehead atoms. The van der Waals surface area contributed by atoms with E-state index in [4.69, 9.17) is 14.5 Å². The average Bonchev–Trinajstić information content (AvgIpc) is 3.43. The van der Waals surface area contributed by atoms with Gasteiger partial charge in [0.05, 0.1) is 42.6 Å². The summed E-state index contributed by atoms with van der Waals surface area (Å²) in [4.78, 5) is 31.8. The van der Waals surface area contributed by atoms with Crippen LogP contribution in [0.15, 0.2) is 60.7 Å². The molecule has 4 aromatic rings. The third-order valence-corrected chi connectivity index (χ3v) is 7.38. The largest absolute Gasteiger partial charge is 0.493 e. The van der Waals surface area contributed by atoms with Crippen molar-refractivity contribution in [2.45, 2.75) is 25.8 Å². The van der Waals surface area contributed by atoms with Crippen molar-refractivity contribution in [3.63, 3.8) is 0 Å². The van der Waals surface area contributed by atoms with Crippen LogP contribution in [0, 0.1) is 6.92 Å². The van der Waals surface area contributed by atoms with Crippen LogP contribution in [-0.2, 0) is 16.0 Å². The van der Waals surface area contributed by atoms with E-state index in [1.54, 1.807) is 25.6 Å². The lowest BCUT2D eigenvalue weighted by Gasteiger charge is -2.16. The monoisotopic (exact) mass is 501 g/mol. The summed E-state index contributed by atoms with van der Waals surface area (Å²) in [6.45, 7) is 2.62. The number of anilines is 1. The molecule has 1 aliphatic heterocycles. The standard InChI is InChI=1S/C28H27N3O4S/c1-17-4-10-21-25(14-17)36-27(30-21)19-6-8-20(9-7-19)31-26(32)16-22(28(31)33)29-13-12-18-5-11-23(34-2)24(15-18)35-3/h4-11,14-15,22,29H,12-13,16H2,1-3H3. The van der Waals surface area contributed by atoms with Crippen LogP contribution in [0.4, 0.5) is 5.69 Å². The maximum atomic E-state index is 13.0. The van der Waals surface area contributed by atoms with E-state index in [1.807, 2.05) is 48.5 Å². The molecule has 5 rings (SSSR count). The van der Waals surface area contributed by atoms with Crippen LogP contribution in [0.5, 0.6) is 11.5 Å². The Kier molecular flexibility index (Phi) is 6.71. The third kappa shape index (κ3) is 4.69. The number of thiazole rings is 1. The minimum absolute atomic E-state index is 0.143. The molecule has 0 aliphatic carbocycles. The molecule has 2 amide bonds. The lowest BCUT2D eigenvalue weighted by molar-refractivity contribution is -0.121. The van der Waals surface area contributed by atoms with Gasteiger partial charge in [0.2, 0.25) is 5.91 Å². The number of fused-ring (bicyclic) bond motifs is 1. The van der Waals surface area contributed by atoms with E-state index >= 15 is 0 Å². The number of aryl methyl sites for hydroxylation is 1. The zero-order valence-electron chi connectivity index (χ0n) is 20.4. The van der Waals surface area contributed by atoms with Gasteiger partial charge in [-0.15, -0.1) is 11.3 Å². The van der Waals surface area contributed by atoms with Gasteiger partial charge in [-0.3, -0.25) is 9.59 Å². The van der Waals surface area contributed by atoms with E-state index in [-0.39, 0.29) is 18.2 Å². The lowest BCUT2D eigenvalue weighted by atomic mass is 10.1. The van der Waals surface area contributed by atoms with Gasteiger partial charge < -0.3 is 14.8 Å². The van der Waals surface area contributed by atoms with Gasteiger partial charge in [0, 0.05) is 5.56 Å². The zero-order valence-corrected chi connectivity index (χ0v) is 21.2. The van der Waals surface area contributed by atoms with Crippen LogP contribution in [0.2, 0.25) is 0 Å². The second-order valence-corrected chi connectivity index (χ2v) is 9.79. The molecule has 1 atom stereocenters. The van der Waals surface area contributed by atoms with Gasteiger partial charge in [0.1, 0.15) is 5.01 Å². The summed E-state index contributed by atoms with van der Waals surface area (Å²) >= 11 is 1.63. The van der Waals surface area contributed by atoms with Crippen molar-refractivity contribution in [1.29, 1.82) is 0 Å². The third-order valence-electron chi connectivity index (χ3n) is 6.32. The Balaban J connectivity index is 1.23. The van der Waals surface area contributed by atoms with E-state index in [2.05, 4.69) is 24.4 Å². The molecule has 1 fully saturated rings. The lowest BCUT2D eigenvalue weighted by Crippen LogP contribution is -2.39. The first-order valence-corrected chi connectivity index (χ1v) is 12.6. The van der Waals surface area contributed by atoms with Crippen LogP contribution in [0.1, 0.15) is 17.5 Å². The second kappa shape index (κ2) is 10.1. The number of amides is 2. The number of rotatable bonds is 8. The minimum atomic E-state index is -0.537. The summed E-state index contributed by atoms with van der Waals surface area (Å²) in [5.74, 6) is 0.908. The Morgan fingerprint density at radius 1 is 1.00 bits per heavy atom. The van der Waals surface area contributed by atoms with Gasteiger partial charge in [0.15, 0.2) is 11.5 Å². The Morgan fingerprint density at radius 2 is 1.78 bits per heavy atom. The maximum absolute atomic E-state index is 13.0. The average molecular weight is 502 g/mol. The summed E-state index contributed by atoms with van der Waals surface area (Å²) < 4.78 is 11.8. The predicted molar refractivity (Wildman–Crippen MR) is 142 cm³/mol. The molecular weight excluding hydrogens is 474 g/mol. The fourth-order valence-corrected chi connectivity index (χ4v) is 5.47. The van der Waals surface area contributed by atoms with E-state index in [0.717, 1.165) is 26.4 Å². The minimum Gasteiger partial charge on any atom is -0.493 e. The van der Waals surface area contributed by atoms with Crippen LogP contribution in [0.3, 0.4) is 0 Å². The number of carbonyl (C=O) groups is 2. The van der Waals surface area contributed by atoms with Crippen molar-refractivity contribution in [2.75, 3.05) is 25.7 Å². The van der Waals surface area contributed by atoms with Gasteiger partial charge in [0.25, 0.3) is 5.91 Å². The Bertz CT molecular complexity index is 1430. The number of hydrogen-bond donors (Lipinski definition) is 1. The molecule has 36 heavy (non-hydrogen) atoms. The van der Waals surface area contributed by atoms with E-state index in [9.17, 15) is 9.59 Å². The SMILES string of the molecule is COc1ccc(CCNC2CC(=O)N(c3ccc(-c4nc5ccc(C)cc5s4)cc3)C2=O)cc1OC. The smallest absolute Gasteiger partial charge is 0.251 e. The van der Waals surface area contributed by atoms with Crippen LogP contribution < -0.4 is 19.7 Å². The molecule has 2 heterocycles. The van der Waals surface area contributed by atoms with E-state index < -0.39 is 6.04 Å². The summed E-state index contributed by atoms with van der Waals surface area (Å²) in [6.07, 6.45) is 0.832. The molecule has 0 radical (unpaired) electrons. The molecule has 3 aromatic carbocycles. The van der Waals surface area contributed by atoms with Crippen molar-refractivity contribution < 1.29 is 19.1 Å². The van der Waals surface area contributed by atoms with Crippen molar-refractivity contribution in [1.82, 2.24) is 10.3 Å². The first kappa shape index (κ1) is 24.0. The highest BCUT2D eigenvalue weighted by Gasteiger charge is 2.39. The van der Waals surface area contributed by atoms with Gasteiger partial charge in [-0.2, -0.15) is 0 Å². The molecule has 1 saturated heterocycles. The number of aromatic nitrogens is 1. The summed E-state index contributed by atoms with van der Waals surface area (Å²) in [6, 6.07) is 18.9. The molecule has 1 N–H and O–H groups in total. The number of hydrogen-bond acceptors (Lipinski definition) is 7. The van der Waals surface area contributed by atoms with Crippen molar-refractivity contribution in [3.8, 4) is 22.1 Å². The van der Waals surface area contributed by atoms with Gasteiger partial charge >= 0.3 is 0 Å². The van der Waals surface area contributed by atoms with Crippen molar-refractivity contribution in [2.24, 2.45) is 0 Å². The van der Waals surface area contributed by atoms with Crippen molar-refractivity contribution in [3.05, 3.63) is 71.8 Å². The van der Waals surface area contributed by atoms with E-state index in [0.29, 0.717) is 30.2 Å². The fraction of sp³-hybridized carbons (Fsp3) is 0.250. The normalized spacial score (nSPS) is 15.6. The molecule has 0 spiro atoms. The van der Waals surface area contributed by atoms with Gasteiger partial charge in [-0.25, -0.2) is 9.88 Å². The van der Waals surface area contributed by atoms with Gasteiger partial charge in [-0.05, 0) is 79.5 Å². The summed E-state index contributed by atoms with van der Waals surface area (Å²) in [7, 11) is 3.20. The number of carbonyl (C=O) groups excluding carboxylic acids is 2. The molecular formula is C28H27N3O4S. The highest BCUT2D eigenvalue weighted by atomic mass is 32.1. The van der Waals surface area contributed by atoms with Crippen LogP contribution in [-0.4, -0.2) is 43.6 Å². The first-order chi connectivity index (χ1) is 17.5. The predicted octanol–water partition coefficient (Wildman–Crippen LogP) is 4.75. The number of benzene rings is 3. The van der Waals surface area contributed by atoms with Gasteiger partial charge in [-0.1, -0.05) is 12.1 Å². The summed E-state index contributed by atoms with van der Waals surface area (Å²) in [5.41, 5.74) is 4.76. The molecule has 7 nitrogen and oxygen atoms in total. The molecule has 1 aromatic heterocycles. The first-order valence-electron chi connectivity index (χ1n) is 11.8. The quantitative estimate of drug-likeness (QED) is 0.351. The number of nitrogens with zero attached hydrogens (tertiary/aromatic N) is 2. The summed E-state index contributed by atoms with van der Waals surface area (Å²) in [5, 5.41) is 4.15. The highest BCUT2D eigenvalue weighted by molar-refractivity contribution is 7.21. The molecule has 0 saturated carbocycles. The number of nitrogens with one attached hydrogen (secondary N) is 1. The molecule has 184 valence electrons. The highest BCUT2D eigenvalue weighted by Crippen LogP contribution is 2.33. The fourth-order valence-electron chi connectivity index (χ4n) is 4.40. The number of imide groups is 1. The Morgan fingerprint density at radius 3 is 2.53 bits per heavy atom. The van der Waals surface area contributed by atoms with E-state index in [1.165, 1.54) is 10.5 Å². The van der Waals surface area contributed by atoms with Crippen LogP contribution >= 0.6 is 11.3 Å². The zero-order chi connectivity index (χ0) is 25.2. The topological polar surface area (TPSA) is 80.8 Å². The molecule has 8 heteroatoms. The van der Waals surface area contributed by atoms with Crippen molar-refractivity contribution >= 4 is 39.1 Å². The Hall–Kier alpha value is -3.75. The number of methoxy groups -OCH3 is 2. The van der Waals surface area contributed by atoms with Crippen LogP contribution in [0.25, 0.3) is 20.8 Å². The number of ether oxygens (including phenoxy) is 2. The maximum Gasteiger partial charge on any atom is 0.251 e. The molecule has 1 unspecified atom stereocenters. The second-order valence-electron chi connectivity index (χ2n) is 8.75. The molecule has 1 aliphatic rings.